The summed E-state index contributed by atoms with van der Waals surface area (Å²) in [7, 11) is 2.27. The number of rotatable bonds is 7. The van der Waals surface area contributed by atoms with Crippen LogP contribution in [0.4, 0.5) is 0 Å². The van der Waals surface area contributed by atoms with E-state index in [2.05, 4.69) is 34.4 Å². The minimum absolute atomic E-state index is 0. The molecule has 0 radical (unpaired) electrons. The second kappa shape index (κ2) is 13.3. The van der Waals surface area contributed by atoms with E-state index in [1.807, 2.05) is 0 Å². The van der Waals surface area contributed by atoms with Crippen molar-refractivity contribution in [1.29, 1.82) is 0 Å². The Labute approximate surface area is 190 Å². The van der Waals surface area contributed by atoms with E-state index >= 15 is 0 Å². The largest absolute Gasteiger partial charge is 0.357 e. The third-order valence-corrected chi connectivity index (χ3v) is 6.98. The van der Waals surface area contributed by atoms with Gasteiger partial charge in [-0.2, -0.15) is 0 Å². The number of likely N-dealkylation sites (tertiary alicyclic amines) is 1. The van der Waals surface area contributed by atoms with Gasteiger partial charge in [0.15, 0.2) is 5.96 Å². The highest BCUT2D eigenvalue weighted by molar-refractivity contribution is 14.0. The number of piperidine rings is 1. The van der Waals surface area contributed by atoms with E-state index in [1.54, 1.807) is 0 Å². The summed E-state index contributed by atoms with van der Waals surface area (Å²) in [5, 5.41) is 7.17. The molecule has 2 saturated carbocycles. The number of likely N-dealkylation sites (N-methyl/N-ethyl adjacent to an activating group) is 1. The fourth-order valence-electron chi connectivity index (χ4n) is 5.22. The van der Waals surface area contributed by atoms with E-state index in [0.29, 0.717) is 6.04 Å². The van der Waals surface area contributed by atoms with Crippen LogP contribution in [0.5, 0.6) is 0 Å². The van der Waals surface area contributed by atoms with Crippen molar-refractivity contribution in [2.75, 3.05) is 39.8 Å². The highest BCUT2D eigenvalue weighted by Gasteiger charge is 2.26. The normalized spacial score (nSPS) is 23.8. The van der Waals surface area contributed by atoms with Crippen molar-refractivity contribution in [3.63, 3.8) is 0 Å². The van der Waals surface area contributed by atoms with Crippen LogP contribution in [0, 0.1) is 0 Å². The predicted molar refractivity (Wildman–Crippen MR) is 131 cm³/mol. The first-order valence-electron chi connectivity index (χ1n) is 11.8. The molecule has 0 spiro atoms. The SMILES string of the molecule is CCNC(=NCCN(C)C1CCCC1)NC1CCN(C2CCCCC2)CC1.I. The molecule has 2 N–H and O–H groups in total. The molecule has 1 saturated heterocycles. The molecule has 0 bridgehead atoms. The van der Waals surface area contributed by atoms with E-state index < -0.39 is 0 Å². The van der Waals surface area contributed by atoms with Gasteiger partial charge in [-0.05, 0) is 52.5 Å². The molecule has 0 aromatic heterocycles. The van der Waals surface area contributed by atoms with E-state index in [0.717, 1.165) is 37.7 Å². The summed E-state index contributed by atoms with van der Waals surface area (Å²) in [6, 6.07) is 2.24. The van der Waals surface area contributed by atoms with Crippen LogP contribution < -0.4 is 10.6 Å². The maximum Gasteiger partial charge on any atom is 0.191 e. The van der Waals surface area contributed by atoms with Gasteiger partial charge in [0, 0.05) is 44.3 Å². The van der Waals surface area contributed by atoms with Gasteiger partial charge in [-0.15, -0.1) is 24.0 Å². The van der Waals surface area contributed by atoms with Crippen LogP contribution in [0.3, 0.4) is 0 Å². The van der Waals surface area contributed by atoms with Crippen molar-refractivity contribution in [3.8, 4) is 0 Å². The van der Waals surface area contributed by atoms with Crippen LogP contribution in [-0.4, -0.2) is 73.7 Å². The number of aliphatic imine (C=N–C) groups is 1. The van der Waals surface area contributed by atoms with Crippen LogP contribution in [0.2, 0.25) is 0 Å². The Balaban J connectivity index is 0.00000280. The molecule has 0 amide bonds. The molecule has 0 aromatic rings. The summed E-state index contributed by atoms with van der Waals surface area (Å²) in [6.45, 7) is 7.57. The molecule has 28 heavy (non-hydrogen) atoms. The Morgan fingerprint density at radius 2 is 1.61 bits per heavy atom. The van der Waals surface area contributed by atoms with E-state index in [-0.39, 0.29) is 24.0 Å². The molecule has 3 fully saturated rings. The fraction of sp³-hybridized carbons (Fsp3) is 0.955. The zero-order chi connectivity index (χ0) is 18.9. The third kappa shape index (κ3) is 7.63. The lowest BCUT2D eigenvalue weighted by Gasteiger charge is -2.39. The zero-order valence-corrected chi connectivity index (χ0v) is 20.6. The zero-order valence-electron chi connectivity index (χ0n) is 18.3. The van der Waals surface area contributed by atoms with E-state index in [1.165, 1.54) is 83.7 Å². The first-order valence-corrected chi connectivity index (χ1v) is 11.8. The van der Waals surface area contributed by atoms with Crippen LogP contribution in [0.1, 0.15) is 77.6 Å². The van der Waals surface area contributed by atoms with Gasteiger partial charge in [0.05, 0.1) is 6.54 Å². The van der Waals surface area contributed by atoms with Crippen molar-refractivity contribution >= 4 is 29.9 Å². The van der Waals surface area contributed by atoms with Gasteiger partial charge in [-0.3, -0.25) is 4.99 Å². The van der Waals surface area contributed by atoms with Crippen LogP contribution in [0.25, 0.3) is 0 Å². The highest BCUT2D eigenvalue weighted by atomic mass is 127. The van der Waals surface area contributed by atoms with Crippen molar-refractivity contribution in [2.45, 2.75) is 95.7 Å². The van der Waals surface area contributed by atoms with Gasteiger partial charge in [0.2, 0.25) is 0 Å². The Bertz CT molecular complexity index is 438. The summed E-state index contributed by atoms with van der Waals surface area (Å²) in [4.78, 5) is 10.1. The second-order valence-corrected chi connectivity index (χ2v) is 8.93. The minimum atomic E-state index is 0. The van der Waals surface area contributed by atoms with Crippen molar-refractivity contribution in [1.82, 2.24) is 20.4 Å². The van der Waals surface area contributed by atoms with Crippen molar-refractivity contribution in [3.05, 3.63) is 0 Å². The lowest BCUT2D eigenvalue weighted by atomic mass is 9.92. The summed E-state index contributed by atoms with van der Waals surface area (Å²) < 4.78 is 0. The first-order chi connectivity index (χ1) is 13.3. The Morgan fingerprint density at radius 3 is 2.25 bits per heavy atom. The number of guanidine groups is 1. The van der Waals surface area contributed by atoms with Gasteiger partial charge >= 0.3 is 0 Å². The Morgan fingerprint density at radius 1 is 0.964 bits per heavy atom. The summed E-state index contributed by atoms with van der Waals surface area (Å²) in [6.07, 6.45) is 15.2. The maximum atomic E-state index is 4.87. The van der Waals surface area contributed by atoms with Crippen LogP contribution in [-0.2, 0) is 0 Å². The van der Waals surface area contributed by atoms with Gasteiger partial charge in [-0.25, -0.2) is 0 Å². The molecule has 1 aliphatic heterocycles. The summed E-state index contributed by atoms with van der Waals surface area (Å²) in [5.74, 6) is 1.02. The molecular weight excluding hydrogens is 461 g/mol. The summed E-state index contributed by atoms with van der Waals surface area (Å²) >= 11 is 0. The van der Waals surface area contributed by atoms with Gasteiger partial charge < -0.3 is 20.4 Å². The predicted octanol–water partition coefficient (Wildman–Crippen LogP) is 3.83. The molecule has 3 rings (SSSR count). The molecule has 3 aliphatic rings. The molecular formula is C22H44IN5. The number of hydrogen-bond donors (Lipinski definition) is 2. The number of nitrogens with one attached hydrogen (secondary N) is 2. The quantitative estimate of drug-likeness (QED) is 0.314. The Kier molecular flexibility index (Phi) is 11.5. The minimum Gasteiger partial charge on any atom is -0.357 e. The molecule has 0 atom stereocenters. The van der Waals surface area contributed by atoms with Crippen LogP contribution in [0.15, 0.2) is 4.99 Å². The van der Waals surface area contributed by atoms with Gasteiger partial charge in [-0.1, -0.05) is 32.1 Å². The smallest absolute Gasteiger partial charge is 0.191 e. The highest BCUT2D eigenvalue weighted by Crippen LogP contribution is 2.25. The Hall–Kier alpha value is -0.0800. The third-order valence-electron chi connectivity index (χ3n) is 6.98. The number of halogens is 1. The van der Waals surface area contributed by atoms with Crippen LogP contribution >= 0.6 is 24.0 Å². The first kappa shape index (κ1) is 24.2. The second-order valence-electron chi connectivity index (χ2n) is 8.93. The average molecular weight is 506 g/mol. The lowest BCUT2D eigenvalue weighted by molar-refractivity contribution is 0.119. The molecule has 0 unspecified atom stereocenters. The standard InChI is InChI=1S/C22H43N5.HI/c1-3-23-22(24-15-18-26(2)20-9-7-8-10-20)25-19-13-16-27(17-14-19)21-11-5-4-6-12-21;/h19-21H,3-18H2,1-2H3,(H2,23,24,25);1H. The monoisotopic (exact) mass is 505 g/mol. The van der Waals surface area contributed by atoms with Gasteiger partial charge in [0.25, 0.3) is 0 Å². The fourth-order valence-corrected chi connectivity index (χ4v) is 5.22. The van der Waals surface area contributed by atoms with Crippen molar-refractivity contribution in [2.24, 2.45) is 4.99 Å². The molecule has 0 aromatic carbocycles. The lowest BCUT2D eigenvalue weighted by Crippen LogP contribution is -2.51. The average Bonchev–Trinajstić information content (AvgIpc) is 3.24. The summed E-state index contributed by atoms with van der Waals surface area (Å²) in [5.41, 5.74) is 0. The molecule has 164 valence electrons. The van der Waals surface area contributed by atoms with E-state index in [9.17, 15) is 0 Å². The number of hydrogen-bond acceptors (Lipinski definition) is 3. The van der Waals surface area contributed by atoms with E-state index in [4.69, 9.17) is 4.99 Å². The molecule has 1 heterocycles. The van der Waals surface area contributed by atoms with Crippen molar-refractivity contribution < 1.29 is 0 Å². The molecule has 2 aliphatic carbocycles. The maximum absolute atomic E-state index is 4.87. The van der Waals surface area contributed by atoms with Gasteiger partial charge in [0.1, 0.15) is 0 Å². The number of nitrogens with zero attached hydrogens (tertiary/aromatic N) is 3. The topological polar surface area (TPSA) is 42.9 Å². The molecule has 6 heteroatoms. The molecule has 5 nitrogen and oxygen atoms in total.